The van der Waals surface area contributed by atoms with Crippen molar-refractivity contribution in [1.29, 1.82) is 0 Å². The molecule has 1 heterocycles. The minimum Gasteiger partial charge on any atom is -0.461 e. The van der Waals surface area contributed by atoms with E-state index in [1.54, 1.807) is 12.3 Å². The molecule has 0 atom stereocenters. The van der Waals surface area contributed by atoms with E-state index in [-0.39, 0.29) is 18.1 Å². The number of hydrogen-bond donors (Lipinski definition) is 1. The molecule has 0 aliphatic heterocycles. The van der Waals surface area contributed by atoms with Gasteiger partial charge in [0.15, 0.2) is 5.69 Å². The molecule has 0 unspecified atom stereocenters. The molecular formula is C6H9ClN2O2S. The fourth-order valence-corrected chi connectivity index (χ4v) is 1.16. The van der Waals surface area contributed by atoms with Crippen molar-refractivity contribution in [3.8, 4) is 0 Å². The molecule has 2 N–H and O–H groups in total. The van der Waals surface area contributed by atoms with Gasteiger partial charge in [0, 0.05) is 5.38 Å². The van der Waals surface area contributed by atoms with E-state index in [1.807, 2.05) is 0 Å². The van der Waals surface area contributed by atoms with Crippen molar-refractivity contribution in [2.24, 2.45) is 0 Å². The molecule has 68 valence electrons. The normalized spacial score (nSPS) is 8.75. The average Bonchev–Trinajstić information content (AvgIpc) is 2.36. The van der Waals surface area contributed by atoms with Crippen LogP contribution in [0, 0.1) is 0 Å². The van der Waals surface area contributed by atoms with E-state index in [9.17, 15) is 4.79 Å². The Hall–Kier alpha value is -0.810. The molecule has 1 aromatic heterocycles. The molecule has 0 saturated carbocycles. The van der Waals surface area contributed by atoms with E-state index in [0.717, 1.165) is 11.5 Å². The second kappa shape index (κ2) is 4.95. The van der Waals surface area contributed by atoms with E-state index in [4.69, 9.17) is 10.5 Å². The summed E-state index contributed by atoms with van der Waals surface area (Å²) < 4.78 is 8.47. The highest BCUT2D eigenvalue weighted by molar-refractivity contribution is 7.04. The summed E-state index contributed by atoms with van der Waals surface area (Å²) in [4.78, 5) is 11.0. The summed E-state index contributed by atoms with van der Waals surface area (Å²) in [7, 11) is 0. The first-order valence-electron chi connectivity index (χ1n) is 3.12. The molecule has 0 saturated heterocycles. The Balaban J connectivity index is 0.00000121. The van der Waals surface area contributed by atoms with Crippen molar-refractivity contribution in [1.82, 2.24) is 4.37 Å². The summed E-state index contributed by atoms with van der Waals surface area (Å²) in [5.74, 6) is -0.453. The third-order valence-electron chi connectivity index (χ3n) is 1.07. The number of carbonyl (C=O) groups is 1. The lowest BCUT2D eigenvalue weighted by Crippen LogP contribution is -2.07. The lowest BCUT2D eigenvalue weighted by molar-refractivity contribution is 0.0522. The standard InChI is InChI=1S/C6H8N2O2S.ClH/c1-2-10-6(9)5-4(7)3-11-8-5;/h3H,2,7H2,1H3;1H. The topological polar surface area (TPSA) is 65.2 Å². The highest BCUT2D eigenvalue weighted by Gasteiger charge is 2.12. The van der Waals surface area contributed by atoms with Crippen LogP contribution in [0.1, 0.15) is 17.4 Å². The maximum Gasteiger partial charge on any atom is 0.360 e. The number of ether oxygens (including phenoxy) is 1. The zero-order chi connectivity index (χ0) is 8.27. The molecule has 0 aliphatic carbocycles. The fraction of sp³-hybridized carbons (Fsp3) is 0.333. The Labute approximate surface area is 80.3 Å². The van der Waals surface area contributed by atoms with Gasteiger partial charge >= 0.3 is 5.97 Å². The predicted octanol–water partition coefficient (Wildman–Crippen LogP) is 1.32. The van der Waals surface area contributed by atoms with Crippen LogP contribution in [0.25, 0.3) is 0 Å². The average molecular weight is 209 g/mol. The highest BCUT2D eigenvalue weighted by atomic mass is 35.5. The minimum atomic E-state index is -0.453. The van der Waals surface area contributed by atoms with Gasteiger partial charge in [0.1, 0.15) is 0 Å². The van der Waals surface area contributed by atoms with Gasteiger partial charge in [0.2, 0.25) is 0 Å². The number of nitrogen functional groups attached to an aromatic ring is 1. The molecule has 4 nitrogen and oxygen atoms in total. The van der Waals surface area contributed by atoms with Crippen LogP contribution in [0.2, 0.25) is 0 Å². The number of halogens is 1. The Bertz CT molecular complexity index is 264. The van der Waals surface area contributed by atoms with Gasteiger partial charge in [0.25, 0.3) is 0 Å². The molecule has 0 fully saturated rings. The number of aromatic nitrogens is 1. The van der Waals surface area contributed by atoms with E-state index in [0.29, 0.717) is 12.3 Å². The van der Waals surface area contributed by atoms with Crippen LogP contribution in [0.15, 0.2) is 5.38 Å². The van der Waals surface area contributed by atoms with Crippen LogP contribution >= 0.6 is 23.9 Å². The largest absolute Gasteiger partial charge is 0.461 e. The van der Waals surface area contributed by atoms with Crippen LogP contribution in [0.5, 0.6) is 0 Å². The van der Waals surface area contributed by atoms with Crippen molar-refractivity contribution in [2.45, 2.75) is 6.92 Å². The zero-order valence-electron chi connectivity index (χ0n) is 6.44. The maximum absolute atomic E-state index is 11.0. The third kappa shape index (κ3) is 2.35. The first-order valence-corrected chi connectivity index (χ1v) is 3.96. The summed E-state index contributed by atoms with van der Waals surface area (Å²) in [5.41, 5.74) is 6.02. The zero-order valence-corrected chi connectivity index (χ0v) is 8.08. The van der Waals surface area contributed by atoms with Crippen LogP contribution in [0.3, 0.4) is 0 Å². The summed E-state index contributed by atoms with van der Waals surface area (Å²) in [6, 6.07) is 0. The molecule has 0 bridgehead atoms. The first kappa shape index (κ1) is 11.2. The molecule has 0 amide bonds. The van der Waals surface area contributed by atoms with Crippen LogP contribution in [-0.4, -0.2) is 16.9 Å². The summed E-state index contributed by atoms with van der Waals surface area (Å²) in [6.07, 6.45) is 0. The molecule has 12 heavy (non-hydrogen) atoms. The smallest absolute Gasteiger partial charge is 0.360 e. The van der Waals surface area contributed by atoms with Gasteiger partial charge in [-0.1, -0.05) is 0 Å². The SMILES string of the molecule is CCOC(=O)c1nscc1N.Cl. The molecule has 1 aromatic rings. The second-order valence-electron chi connectivity index (χ2n) is 1.84. The fourth-order valence-electron chi connectivity index (χ4n) is 0.599. The second-order valence-corrected chi connectivity index (χ2v) is 2.47. The quantitative estimate of drug-likeness (QED) is 0.745. The number of nitrogens with zero attached hydrogens (tertiary/aromatic N) is 1. The summed E-state index contributed by atoms with van der Waals surface area (Å²) in [6.45, 7) is 2.08. The van der Waals surface area contributed by atoms with Gasteiger partial charge in [-0.05, 0) is 18.5 Å². The van der Waals surface area contributed by atoms with E-state index < -0.39 is 5.97 Å². The summed E-state index contributed by atoms with van der Waals surface area (Å²) in [5, 5.41) is 1.60. The predicted molar refractivity (Wildman–Crippen MR) is 49.7 cm³/mol. The monoisotopic (exact) mass is 208 g/mol. The lowest BCUT2D eigenvalue weighted by atomic mass is 10.4. The molecule has 0 aromatic carbocycles. The van der Waals surface area contributed by atoms with E-state index >= 15 is 0 Å². The van der Waals surface area contributed by atoms with Crippen LogP contribution in [-0.2, 0) is 4.74 Å². The van der Waals surface area contributed by atoms with E-state index in [1.165, 1.54) is 0 Å². The summed E-state index contributed by atoms with van der Waals surface area (Å²) >= 11 is 1.14. The third-order valence-corrected chi connectivity index (χ3v) is 1.71. The molecular weight excluding hydrogens is 200 g/mol. The molecule has 1 rings (SSSR count). The van der Waals surface area contributed by atoms with Gasteiger partial charge in [0.05, 0.1) is 12.3 Å². The highest BCUT2D eigenvalue weighted by Crippen LogP contribution is 2.12. The maximum atomic E-state index is 11.0. The van der Waals surface area contributed by atoms with Crippen LogP contribution in [0.4, 0.5) is 5.69 Å². The van der Waals surface area contributed by atoms with Gasteiger partial charge in [-0.25, -0.2) is 4.79 Å². The van der Waals surface area contributed by atoms with Crippen molar-refractivity contribution >= 4 is 35.6 Å². The van der Waals surface area contributed by atoms with Crippen LogP contribution < -0.4 is 5.73 Å². The van der Waals surface area contributed by atoms with Gasteiger partial charge in [-0.15, -0.1) is 12.4 Å². The Morgan fingerprint density at radius 1 is 1.83 bits per heavy atom. The number of anilines is 1. The first-order chi connectivity index (χ1) is 5.25. The molecule has 6 heteroatoms. The number of esters is 1. The number of hydrogen-bond acceptors (Lipinski definition) is 5. The van der Waals surface area contributed by atoms with E-state index in [2.05, 4.69) is 4.37 Å². The van der Waals surface area contributed by atoms with Crippen molar-refractivity contribution in [2.75, 3.05) is 12.3 Å². The van der Waals surface area contributed by atoms with Gasteiger partial charge in [-0.3, -0.25) is 0 Å². The molecule has 0 spiro atoms. The minimum absolute atomic E-state index is 0. The van der Waals surface area contributed by atoms with Crippen molar-refractivity contribution in [3.05, 3.63) is 11.1 Å². The lowest BCUT2D eigenvalue weighted by Gasteiger charge is -1.97. The molecule has 0 radical (unpaired) electrons. The Morgan fingerprint density at radius 2 is 2.50 bits per heavy atom. The number of carbonyl (C=O) groups excluding carboxylic acids is 1. The number of rotatable bonds is 2. The number of nitrogens with two attached hydrogens (primary N) is 1. The molecule has 0 aliphatic rings. The van der Waals surface area contributed by atoms with Crippen molar-refractivity contribution < 1.29 is 9.53 Å². The Morgan fingerprint density at radius 3 is 2.92 bits per heavy atom. The van der Waals surface area contributed by atoms with Gasteiger partial charge < -0.3 is 10.5 Å². The van der Waals surface area contributed by atoms with Gasteiger partial charge in [-0.2, -0.15) is 4.37 Å². The van der Waals surface area contributed by atoms with Crippen molar-refractivity contribution in [3.63, 3.8) is 0 Å². The Kier molecular flexibility index (Phi) is 4.61.